The molecule has 0 saturated carbocycles. The number of nitrogens with one attached hydrogen (secondary N) is 1. The number of ether oxygens (including phenoxy) is 1. The van der Waals surface area contributed by atoms with Gasteiger partial charge in [-0.15, -0.1) is 11.3 Å². The van der Waals surface area contributed by atoms with Crippen LogP contribution >= 0.6 is 11.3 Å². The molecule has 8 nitrogen and oxygen atoms in total. The second kappa shape index (κ2) is 9.27. The Kier molecular flexibility index (Phi) is 6.00. The fourth-order valence-electron chi connectivity index (χ4n) is 4.18. The molecule has 1 atom stereocenters. The Labute approximate surface area is 206 Å². The van der Waals surface area contributed by atoms with Crippen LogP contribution in [0.5, 0.6) is 11.5 Å². The van der Waals surface area contributed by atoms with E-state index < -0.39 is 6.04 Å². The normalized spacial score (nSPS) is 15.9. The number of urea groups is 1. The van der Waals surface area contributed by atoms with Crippen LogP contribution in [0.4, 0.5) is 4.79 Å². The number of rotatable bonds is 6. The molecule has 0 aliphatic carbocycles. The maximum atomic E-state index is 13.2. The highest BCUT2D eigenvalue weighted by atomic mass is 32.1. The fourth-order valence-corrected chi connectivity index (χ4v) is 4.87. The molecule has 0 bridgehead atoms. The number of nitrogens with zero attached hydrogens (tertiary/aromatic N) is 3. The molecular weight excluding hydrogens is 464 g/mol. The predicted octanol–water partition coefficient (Wildman–Crippen LogP) is 5.52. The van der Waals surface area contributed by atoms with Crippen molar-refractivity contribution in [1.82, 2.24) is 20.4 Å². The topological polar surface area (TPSA) is 101 Å². The SMILES string of the molecule is COc1ccc(C2NC(=O)N(Cc3cccs3)C(C)=C2c2nc(-c3cccc(C)c3)no2)cc1O. The Balaban J connectivity index is 1.61. The lowest BCUT2D eigenvalue weighted by Crippen LogP contribution is -2.45. The van der Waals surface area contributed by atoms with Gasteiger partial charge in [0.05, 0.1) is 25.3 Å². The van der Waals surface area contributed by atoms with Gasteiger partial charge in [-0.1, -0.05) is 41.1 Å². The van der Waals surface area contributed by atoms with Crippen LogP contribution in [0.2, 0.25) is 0 Å². The quantitative estimate of drug-likeness (QED) is 0.371. The zero-order valence-corrected chi connectivity index (χ0v) is 20.3. The van der Waals surface area contributed by atoms with Crippen molar-refractivity contribution in [1.29, 1.82) is 0 Å². The monoisotopic (exact) mass is 488 g/mol. The molecule has 3 heterocycles. The number of phenolic OH excluding ortho intramolecular Hbond substituents is 1. The van der Waals surface area contributed by atoms with Crippen LogP contribution in [-0.2, 0) is 6.54 Å². The summed E-state index contributed by atoms with van der Waals surface area (Å²) in [6.45, 7) is 4.29. The van der Waals surface area contributed by atoms with Crippen LogP contribution in [0.15, 0.2) is 70.2 Å². The number of phenols is 1. The van der Waals surface area contributed by atoms with Gasteiger partial charge in [0, 0.05) is 16.1 Å². The van der Waals surface area contributed by atoms with Gasteiger partial charge in [-0.3, -0.25) is 4.90 Å². The predicted molar refractivity (Wildman–Crippen MR) is 133 cm³/mol. The molecule has 2 aromatic carbocycles. The highest BCUT2D eigenvalue weighted by molar-refractivity contribution is 7.09. The van der Waals surface area contributed by atoms with Gasteiger partial charge in [0.15, 0.2) is 11.5 Å². The summed E-state index contributed by atoms with van der Waals surface area (Å²) in [7, 11) is 1.49. The molecule has 0 saturated heterocycles. The van der Waals surface area contributed by atoms with Gasteiger partial charge in [0.2, 0.25) is 5.82 Å². The zero-order valence-electron chi connectivity index (χ0n) is 19.5. The molecule has 9 heteroatoms. The number of allylic oxidation sites excluding steroid dienone is 1. The van der Waals surface area contributed by atoms with Crippen LogP contribution in [0.25, 0.3) is 17.0 Å². The molecule has 1 aliphatic heterocycles. The number of carbonyl (C=O) groups excluding carboxylic acids is 1. The highest BCUT2D eigenvalue weighted by Crippen LogP contribution is 2.40. The number of thiophene rings is 1. The standard InChI is InChI=1S/C26H24N4O4S/c1-15-6-4-7-18(12-15)24-28-25(34-29-24)22-16(2)30(14-19-8-5-11-35-19)26(32)27-23(22)17-9-10-21(33-3)20(31)13-17/h4-13,23,31H,14H2,1-3H3,(H,27,32). The fraction of sp³-hybridized carbons (Fsp3) is 0.192. The number of aryl methyl sites for hydroxylation is 1. The summed E-state index contributed by atoms with van der Waals surface area (Å²) < 4.78 is 10.9. The Morgan fingerprint density at radius 2 is 2.03 bits per heavy atom. The van der Waals surface area contributed by atoms with E-state index in [0.717, 1.165) is 16.0 Å². The number of aromatic hydroxyl groups is 1. The zero-order chi connectivity index (χ0) is 24.5. The summed E-state index contributed by atoms with van der Waals surface area (Å²) in [5, 5.41) is 19.6. The third-order valence-corrected chi connectivity index (χ3v) is 6.82. The maximum Gasteiger partial charge on any atom is 0.322 e. The number of hydrogen-bond donors (Lipinski definition) is 2. The van der Waals surface area contributed by atoms with Gasteiger partial charge in [0.25, 0.3) is 5.89 Å². The minimum absolute atomic E-state index is 0.0248. The number of methoxy groups -OCH3 is 1. The number of hydrogen-bond acceptors (Lipinski definition) is 7. The van der Waals surface area contributed by atoms with Crippen molar-refractivity contribution >= 4 is 22.9 Å². The minimum Gasteiger partial charge on any atom is -0.504 e. The number of aromatic nitrogens is 2. The van der Waals surface area contributed by atoms with Crippen molar-refractivity contribution in [3.63, 3.8) is 0 Å². The molecule has 2 aromatic heterocycles. The summed E-state index contributed by atoms with van der Waals surface area (Å²) >= 11 is 1.58. The van der Waals surface area contributed by atoms with Crippen LogP contribution in [0.3, 0.4) is 0 Å². The first kappa shape index (κ1) is 22.7. The average molecular weight is 489 g/mol. The molecule has 0 spiro atoms. The molecule has 2 N–H and O–H groups in total. The molecular formula is C26H24N4O4S. The largest absolute Gasteiger partial charge is 0.504 e. The van der Waals surface area contributed by atoms with Crippen molar-refractivity contribution in [3.05, 3.63) is 87.6 Å². The lowest BCUT2D eigenvalue weighted by molar-refractivity contribution is 0.203. The van der Waals surface area contributed by atoms with Crippen LogP contribution in [-0.4, -0.2) is 33.3 Å². The number of amides is 2. The number of benzene rings is 2. The van der Waals surface area contributed by atoms with E-state index in [9.17, 15) is 9.90 Å². The summed E-state index contributed by atoms with van der Waals surface area (Å²) in [6.07, 6.45) is 0. The van der Waals surface area contributed by atoms with Crippen molar-refractivity contribution in [2.24, 2.45) is 0 Å². The Bertz CT molecular complexity index is 1410. The van der Waals surface area contributed by atoms with Gasteiger partial charge in [-0.25, -0.2) is 4.79 Å². The van der Waals surface area contributed by atoms with E-state index in [0.29, 0.717) is 40.8 Å². The van der Waals surface area contributed by atoms with Gasteiger partial charge < -0.3 is 19.7 Å². The third-order valence-electron chi connectivity index (χ3n) is 5.96. The molecule has 35 heavy (non-hydrogen) atoms. The molecule has 1 aliphatic rings. The van der Waals surface area contributed by atoms with Gasteiger partial charge in [0.1, 0.15) is 0 Å². The Morgan fingerprint density at radius 1 is 1.17 bits per heavy atom. The lowest BCUT2D eigenvalue weighted by atomic mass is 9.94. The van der Waals surface area contributed by atoms with Crippen molar-refractivity contribution in [2.75, 3.05) is 7.11 Å². The molecule has 1 unspecified atom stereocenters. The van der Waals surface area contributed by atoms with Crippen LogP contribution in [0.1, 0.15) is 34.9 Å². The summed E-state index contributed by atoms with van der Waals surface area (Å²) in [4.78, 5) is 20.6. The van der Waals surface area contributed by atoms with Gasteiger partial charge in [-0.2, -0.15) is 4.98 Å². The first-order chi connectivity index (χ1) is 16.9. The van der Waals surface area contributed by atoms with Gasteiger partial charge >= 0.3 is 6.03 Å². The van der Waals surface area contributed by atoms with Crippen LogP contribution < -0.4 is 10.1 Å². The van der Waals surface area contributed by atoms with E-state index >= 15 is 0 Å². The molecule has 5 rings (SSSR count). The average Bonchev–Trinajstić information content (AvgIpc) is 3.54. The Morgan fingerprint density at radius 3 is 2.74 bits per heavy atom. The first-order valence-electron chi connectivity index (χ1n) is 11.0. The molecule has 4 aromatic rings. The summed E-state index contributed by atoms with van der Waals surface area (Å²) in [6, 6.07) is 16.0. The second-order valence-electron chi connectivity index (χ2n) is 8.27. The molecule has 178 valence electrons. The van der Waals surface area contributed by atoms with Crippen molar-refractivity contribution < 1.29 is 19.2 Å². The van der Waals surface area contributed by atoms with E-state index in [1.807, 2.05) is 55.6 Å². The molecule has 0 radical (unpaired) electrons. The molecule has 2 amide bonds. The highest BCUT2D eigenvalue weighted by Gasteiger charge is 2.36. The lowest BCUT2D eigenvalue weighted by Gasteiger charge is -2.35. The van der Waals surface area contributed by atoms with Crippen molar-refractivity contribution in [3.8, 4) is 22.9 Å². The third kappa shape index (κ3) is 4.38. The maximum absolute atomic E-state index is 13.2. The first-order valence-corrected chi connectivity index (χ1v) is 11.9. The smallest absolute Gasteiger partial charge is 0.322 e. The number of carbonyl (C=O) groups is 1. The van der Waals surface area contributed by atoms with E-state index in [2.05, 4.69) is 15.5 Å². The minimum atomic E-state index is -0.607. The van der Waals surface area contributed by atoms with Gasteiger partial charge in [-0.05, 0) is 49.1 Å². The second-order valence-corrected chi connectivity index (χ2v) is 9.30. The summed E-state index contributed by atoms with van der Waals surface area (Å²) in [5.74, 6) is 1.08. The molecule has 0 fully saturated rings. The van der Waals surface area contributed by atoms with E-state index in [-0.39, 0.29) is 11.8 Å². The summed E-state index contributed by atoms with van der Waals surface area (Å²) in [5.41, 5.74) is 3.95. The van der Waals surface area contributed by atoms with Crippen molar-refractivity contribution in [2.45, 2.75) is 26.4 Å². The van der Waals surface area contributed by atoms with E-state index in [1.165, 1.54) is 7.11 Å². The Hall–Kier alpha value is -4.11. The van der Waals surface area contributed by atoms with E-state index in [4.69, 9.17) is 9.26 Å². The van der Waals surface area contributed by atoms with E-state index in [1.54, 1.807) is 34.4 Å². The van der Waals surface area contributed by atoms with Crippen LogP contribution in [0, 0.1) is 6.92 Å².